The van der Waals surface area contributed by atoms with Gasteiger partial charge in [0.05, 0.1) is 0 Å². The van der Waals surface area contributed by atoms with Gasteiger partial charge in [0.25, 0.3) is 0 Å². The van der Waals surface area contributed by atoms with Crippen LogP contribution in [-0.4, -0.2) is 37.2 Å². The molecule has 0 radical (unpaired) electrons. The molecule has 0 saturated carbocycles. The highest BCUT2D eigenvalue weighted by Crippen LogP contribution is 2.17. The molecule has 0 amide bonds. The predicted molar refractivity (Wildman–Crippen MR) is 312 cm³/mol. The molecule has 0 rings (SSSR count). The number of rotatable bonds is 59. The Morgan fingerprint density at radius 2 is 0.500 bits per heavy atom. The molecule has 0 aromatic carbocycles. The van der Waals surface area contributed by atoms with Gasteiger partial charge in [-0.1, -0.05) is 288 Å². The van der Waals surface area contributed by atoms with Crippen LogP contribution in [0.25, 0.3) is 0 Å². The minimum absolute atomic E-state index is 0.0700. The first kappa shape index (κ1) is 69.6. The number of unbranched alkanes of at least 4 members (excludes halogenated alkanes) is 42. The Hall–Kier alpha value is -2.37. The second kappa shape index (κ2) is 61.2. The Morgan fingerprint density at radius 3 is 0.792 bits per heavy atom. The van der Waals surface area contributed by atoms with Gasteiger partial charge in [0.1, 0.15) is 13.2 Å². The summed E-state index contributed by atoms with van der Waals surface area (Å²) in [4.78, 5) is 38.2. The summed E-state index contributed by atoms with van der Waals surface area (Å²) < 4.78 is 16.9. The largest absolute Gasteiger partial charge is 0.462 e. The molecule has 1 unspecified atom stereocenters. The van der Waals surface area contributed by atoms with Crippen LogP contribution in [-0.2, 0) is 28.6 Å². The van der Waals surface area contributed by atoms with E-state index in [1.54, 1.807) is 0 Å². The summed E-state index contributed by atoms with van der Waals surface area (Å²) in [5, 5.41) is 0. The number of hydrogen-bond acceptors (Lipinski definition) is 6. The van der Waals surface area contributed by atoms with E-state index in [2.05, 4.69) is 57.2 Å². The molecule has 1 atom stereocenters. The fourth-order valence-electron chi connectivity index (χ4n) is 9.53. The Balaban J connectivity index is 4.19. The Labute approximate surface area is 448 Å². The molecule has 0 N–H and O–H groups in total. The van der Waals surface area contributed by atoms with Crippen molar-refractivity contribution < 1.29 is 28.6 Å². The zero-order valence-electron chi connectivity index (χ0n) is 48.5. The van der Waals surface area contributed by atoms with E-state index >= 15 is 0 Å². The first-order valence-corrected chi connectivity index (χ1v) is 32.0. The van der Waals surface area contributed by atoms with Crippen LogP contribution in [0.4, 0.5) is 0 Å². The lowest BCUT2D eigenvalue weighted by Gasteiger charge is -2.18. The Kier molecular flexibility index (Phi) is 59.2. The molecule has 0 aliphatic rings. The SMILES string of the molecule is CCCCCC/C=C\CCCCCCCC(=O)OCC(COC(=O)CCCCCCCCCCCCCCCCC/C=C\C/C=C\CCCCCCC)OC(=O)CCCCCCCCCCCCCCCC. The average Bonchev–Trinajstić information content (AvgIpc) is 3.38. The van der Waals surface area contributed by atoms with E-state index in [0.29, 0.717) is 19.3 Å². The zero-order chi connectivity index (χ0) is 52.2. The van der Waals surface area contributed by atoms with Crippen molar-refractivity contribution in [1.82, 2.24) is 0 Å². The molecule has 0 bridgehead atoms. The van der Waals surface area contributed by atoms with Gasteiger partial charge in [-0.25, -0.2) is 0 Å². The summed E-state index contributed by atoms with van der Waals surface area (Å²) in [5.74, 6) is -0.857. The Bertz CT molecular complexity index is 1210. The molecule has 422 valence electrons. The number of esters is 3. The molecule has 0 aliphatic heterocycles. The molecule has 0 aliphatic carbocycles. The zero-order valence-corrected chi connectivity index (χ0v) is 48.5. The maximum atomic E-state index is 12.9. The third-order valence-electron chi connectivity index (χ3n) is 14.4. The lowest BCUT2D eigenvalue weighted by atomic mass is 10.0. The van der Waals surface area contributed by atoms with Crippen molar-refractivity contribution in [2.24, 2.45) is 0 Å². The minimum atomic E-state index is -0.772. The summed E-state index contributed by atoms with van der Waals surface area (Å²) in [6.45, 7) is 6.66. The molecule has 0 aromatic rings. The van der Waals surface area contributed by atoms with E-state index < -0.39 is 6.10 Å². The van der Waals surface area contributed by atoms with E-state index in [1.807, 2.05) is 0 Å². The highest BCUT2D eigenvalue weighted by Gasteiger charge is 2.19. The fraction of sp³-hybridized carbons (Fsp3) is 0.864. The van der Waals surface area contributed by atoms with Crippen LogP contribution >= 0.6 is 0 Å². The second-order valence-corrected chi connectivity index (χ2v) is 21.7. The van der Waals surface area contributed by atoms with Gasteiger partial charge in [0.2, 0.25) is 0 Å². The second-order valence-electron chi connectivity index (χ2n) is 21.7. The number of carbonyl (C=O) groups excluding carboxylic acids is 3. The van der Waals surface area contributed by atoms with Gasteiger partial charge < -0.3 is 14.2 Å². The standard InChI is InChI=1S/C66H122O6/c1-4-7-10-13-16-19-22-25-27-28-29-30-31-32-33-34-35-36-37-38-39-42-44-47-50-53-56-59-65(68)71-62-63(61-70-64(67)58-55-52-49-46-43-40-24-21-18-15-12-9-6-3)72-66(69)60-57-54-51-48-45-41-26-23-20-17-14-11-8-5-2/h21-22,24-25,28-29,63H,4-20,23,26-27,30-62H2,1-3H3/b24-21-,25-22-,29-28-. The molecule has 0 heterocycles. The maximum absolute atomic E-state index is 12.9. The molecule has 0 spiro atoms. The van der Waals surface area contributed by atoms with E-state index in [9.17, 15) is 14.4 Å². The van der Waals surface area contributed by atoms with E-state index in [4.69, 9.17) is 14.2 Å². The summed E-state index contributed by atoms with van der Waals surface area (Å²) in [5.41, 5.74) is 0. The Morgan fingerprint density at radius 1 is 0.278 bits per heavy atom. The molecule has 6 nitrogen and oxygen atoms in total. The molecular formula is C66H122O6. The van der Waals surface area contributed by atoms with Crippen molar-refractivity contribution in [3.05, 3.63) is 36.5 Å². The van der Waals surface area contributed by atoms with Crippen LogP contribution in [0.2, 0.25) is 0 Å². The average molecular weight is 1010 g/mol. The van der Waals surface area contributed by atoms with Crippen LogP contribution in [0.15, 0.2) is 36.5 Å². The van der Waals surface area contributed by atoms with Crippen molar-refractivity contribution in [1.29, 1.82) is 0 Å². The van der Waals surface area contributed by atoms with Gasteiger partial charge in [-0.05, 0) is 77.0 Å². The third kappa shape index (κ3) is 58.5. The van der Waals surface area contributed by atoms with Gasteiger partial charge in [0.15, 0.2) is 6.10 Å². The minimum Gasteiger partial charge on any atom is -0.462 e. The van der Waals surface area contributed by atoms with Crippen LogP contribution in [0.3, 0.4) is 0 Å². The van der Waals surface area contributed by atoms with Gasteiger partial charge in [-0.3, -0.25) is 14.4 Å². The summed E-state index contributed by atoms with van der Waals surface area (Å²) >= 11 is 0. The van der Waals surface area contributed by atoms with Crippen LogP contribution in [0.5, 0.6) is 0 Å². The monoisotopic (exact) mass is 1010 g/mol. The van der Waals surface area contributed by atoms with Gasteiger partial charge >= 0.3 is 17.9 Å². The molecule has 6 heteroatoms. The third-order valence-corrected chi connectivity index (χ3v) is 14.4. The molecule has 0 aromatic heterocycles. The first-order chi connectivity index (χ1) is 35.5. The van der Waals surface area contributed by atoms with Crippen molar-refractivity contribution >= 4 is 17.9 Å². The van der Waals surface area contributed by atoms with E-state index in [1.165, 1.54) is 238 Å². The highest BCUT2D eigenvalue weighted by molar-refractivity contribution is 5.71. The molecular weight excluding hydrogens is 889 g/mol. The summed E-state index contributed by atoms with van der Waals surface area (Å²) in [6, 6.07) is 0. The van der Waals surface area contributed by atoms with Crippen molar-refractivity contribution in [2.45, 2.75) is 354 Å². The lowest BCUT2D eigenvalue weighted by molar-refractivity contribution is -0.167. The van der Waals surface area contributed by atoms with Crippen molar-refractivity contribution in [2.75, 3.05) is 13.2 Å². The smallest absolute Gasteiger partial charge is 0.306 e. The van der Waals surface area contributed by atoms with Crippen LogP contribution < -0.4 is 0 Å². The lowest BCUT2D eigenvalue weighted by Crippen LogP contribution is -2.30. The number of ether oxygens (including phenoxy) is 3. The maximum Gasteiger partial charge on any atom is 0.306 e. The fourth-order valence-corrected chi connectivity index (χ4v) is 9.53. The quantitative estimate of drug-likeness (QED) is 0.0261. The van der Waals surface area contributed by atoms with E-state index in [-0.39, 0.29) is 31.1 Å². The van der Waals surface area contributed by atoms with Gasteiger partial charge in [-0.15, -0.1) is 0 Å². The van der Waals surface area contributed by atoms with Crippen LogP contribution in [0.1, 0.15) is 348 Å². The number of allylic oxidation sites excluding steroid dienone is 6. The molecule has 0 saturated heterocycles. The normalized spacial score (nSPS) is 12.2. The predicted octanol–water partition coefficient (Wildman–Crippen LogP) is 21.6. The van der Waals surface area contributed by atoms with Gasteiger partial charge in [0, 0.05) is 19.3 Å². The van der Waals surface area contributed by atoms with E-state index in [0.717, 1.165) is 70.6 Å². The highest BCUT2D eigenvalue weighted by atomic mass is 16.6. The molecule has 0 fully saturated rings. The number of carbonyl (C=O) groups is 3. The van der Waals surface area contributed by atoms with Gasteiger partial charge in [-0.2, -0.15) is 0 Å². The molecule has 72 heavy (non-hydrogen) atoms. The summed E-state index contributed by atoms with van der Waals surface area (Å²) in [7, 11) is 0. The topological polar surface area (TPSA) is 78.9 Å². The number of hydrogen-bond donors (Lipinski definition) is 0. The van der Waals surface area contributed by atoms with Crippen molar-refractivity contribution in [3.8, 4) is 0 Å². The first-order valence-electron chi connectivity index (χ1n) is 32.0. The van der Waals surface area contributed by atoms with Crippen molar-refractivity contribution in [3.63, 3.8) is 0 Å². The summed E-state index contributed by atoms with van der Waals surface area (Å²) in [6.07, 6.45) is 74.4. The van der Waals surface area contributed by atoms with Crippen LogP contribution in [0, 0.1) is 0 Å².